The molecular formula is C13H15NO3. The van der Waals surface area contributed by atoms with Crippen molar-refractivity contribution in [2.45, 2.75) is 19.3 Å². The minimum atomic E-state index is -0.405. The molecule has 1 aromatic carbocycles. The van der Waals surface area contributed by atoms with Gasteiger partial charge < -0.3 is 9.47 Å². The minimum Gasteiger partial charge on any atom is -0.493 e. The quantitative estimate of drug-likeness (QED) is 0.559. The number of carbonyl (C=O) groups excluding carboxylic acids is 1. The third-order valence-corrected chi connectivity index (χ3v) is 2.23. The number of nitrogens with zero attached hydrogens (tertiary/aromatic N) is 1. The maximum Gasteiger partial charge on any atom is 0.341 e. The molecule has 0 saturated heterocycles. The van der Waals surface area contributed by atoms with E-state index in [9.17, 15) is 4.79 Å². The monoisotopic (exact) mass is 233 g/mol. The van der Waals surface area contributed by atoms with Gasteiger partial charge in [0.15, 0.2) is 0 Å². The molecule has 1 aromatic rings. The number of para-hydroxylation sites is 1. The number of ether oxygens (including phenoxy) is 2. The molecule has 0 atom stereocenters. The van der Waals surface area contributed by atoms with Crippen LogP contribution < -0.4 is 4.74 Å². The first-order valence-electron chi connectivity index (χ1n) is 5.46. The standard InChI is InChI=1S/C13H15NO3/c1-16-13(15)11-7-3-4-8-12(11)17-10-6-2-5-9-14/h3-4,7-8H,2,5-6,10H2,1H3. The number of nitriles is 1. The van der Waals surface area contributed by atoms with Gasteiger partial charge in [0.2, 0.25) is 0 Å². The van der Waals surface area contributed by atoms with E-state index in [1.54, 1.807) is 24.3 Å². The smallest absolute Gasteiger partial charge is 0.341 e. The topological polar surface area (TPSA) is 59.3 Å². The van der Waals surface area contributed by atoms with Crippen LogP contribution in [-0.4, -0.2) is 19.7 Å². The van der Waals surface area contributed by atoms with Crippen LogP contribution in [0.3, 0.4) is 0 Å². The summed E-state index contributed by atoms with van der Waals surface area (Å²) in [5.74, 6) is 0.119. The van der Waals surface area contributed by atoms with Crippen LogP contribution in [0.4, 0.5) is 0 Å². The minimum absolute atomic E-state index is 0.405. The molecule has 0 aliphatic heterocycles. The molecule has 0 bridgehead atoms. The van der Waals surface area contributed by atoms with Gasteiger partial charge in [-0.25, -0.2) is 4.79 Å². The van der Waals surface area contributed by atoms with Gasteiger partial charge in [-0.15, -0.1) is 0 Å². The number of hydrogen-bond acceptors (Lipinski definition) is 4. The molecule has 0 aromatic heterocycles. The lowest BCUT2D eigenvalue weighted by molar-refractivity contribution is 0.0596. The number of esters is 1. The lowest BCUT2D eigenvalue weighted by Crippen LogP contribution is -2.06. The molecule has 0 amide bonds. The second-order valence-corrected chi connectivity index (χ2v) is 3.45. The van der Waals surface area contributed by atoms with Gasteiger partial charge >= 0.3 is 5.97 Å². The summed E-state index contributed by atoms with van der Waals surface area (Å²) < 4.78 is 10.2. The van der Waals surface area contributed by atoms with Crippen LogP contribution >= 0.6 is 0 Å². The Morgan fingerprint density at radius 3 is 2.82 bits per heavy atom. The summed E-state index contributed by atoms with van der Waals surface area (Å²) in [6.07, 6.45) is 2.13. The van der Waals surface area contributed by atoms with Crippen LogP contribution in [0.1, 0.15) is 29.6 Å². The molecule has 0 unspecified atom stereocenters. The molecule has 1 rings (SSSR count). The van der Waals surface area contributed by atoms with E-state index in [2.05, 4.69) is 10.8 Å². The Labute approximate surface area is 101 Å². The Morgan fingerprint density at radius 1 is 1.35 bits per heavy atom. The Kier molecular flexibility index (Phi) is 5.59. The van der Waals surface area contributed by atoms with E-state index >= 15 is 0 Å². The second-order valence-electron chi connectivity index (χ2n) is 3.45. The highest BCUT2D eigenvalue weighted by Crippen LogP contribution is 2.19. The Hall–Kier alpha value is -2.02. The predicted molar refractivity (Wildman–Crippen MR) is 62.7 cm³/mol. The molecule has 0 aliphatic rings. The SMILES string of the molecule is COC(=O)c1ccccc1OCCCCC#N. The van der Waals surface area contributed by atoms with Crippen LogP contribution in [-0.2, 0) is 4.74 Å². The van der Waals surface area contributed by atoms with E-state index in [0.29, 0.717) is 24.3 Å². The molecule has 0 fully saturated rings. The van der Waals surface area contributed by atoms with Crippen molar-refractivity contribution in [2.24, 2.45) is 0 Å². The molecule has 0 N–H and O–H groups in total. The van der Waals surface area contributed by atoms with Gasteiger partial charge in [-0.05, 0) is 25.0 Å². The molecule has 0 spiro atoms. The molecule has 0 aliphatic carbocycles. The molecule has 90 valence electrons. The third kappa shape index (κ3) is 4.15. The van der Waals surface area contributed by atoms with E-state index in [1.165, 1.54) is 7.11 Å². The maximum absolute atomic E-state index is 11.4. The van der Waals surface area contributed by atoms with Crippen molar-refractivity contribution in [1.82, 2.24) is 0 Å². The van der Waals surface area contributed by atoms with Crippen molar-refractivity contribution in [3.05, 3.63) is 29.8 Å². The van der Waals surface area contributed by atoms with E-state index in [0.717, 1.165) is 12.8 Å². The number of hydrogen-bond donors (Lipinski definition) is 0. The van der Waals surface area contributed by atoms with Gasteiger partial charge in [-0.1, -0.05) is 12.1 Å². The highest BCUT2D eigenvalue weighted by atomic mass is 16.5. The number of unbranched alkanes of at least 4 members (excludes halogenated alkanes) is 2. The van der Waals surface area contributed by atoms with Gasteiger partial charge in [0.05, 0.1) is 19.8 Å². The van der Waals surface area contributed by atoms with Crippen LogP contribution in [0.25, 0.3) is 0 Å². The van der Waals surface area contributed by atoms with E-state index < -0.39 is 5.97 Å². The van der Waals surface area contributed by atoms with Crippen LogP contribution in [0.5, 0.6) is 5.75 Å². The molecular weight excluding hydrogens is 218 g/mol. The summed E-state index contributed by atoms with van der Waals surface area (Å²) in [5.41, 5.74) is 0.426. The zero-order valence-electron chi connectivity index (χ0n) is 9.81. The average molecular weight is 233 g/mol. The largest absolute Gasteiger partial charge is 0.493 e. The summed E-state index contributed by atoms with van der Waals surface area (Å²) in [7, 11) is 1.34. The molecule has 0 radical (unpaired) electrons. The number of rotatable bonds is 6. The molecule has 4 nitrogen and oxygen atoms in total. The zero-order chi connectivity index (χ0) is 12.5. The fraction of sp³-hybridized carbons (Fsp3) is 0.385. The van der Waals surface area contributed by atoms with Gasteiger partial charge in [-0.2, -0.15) is 5.26 Å². The maximum atomic E-state index is 11.4. The van der Waals surface area contributed by atoms with Crippen molar-refractivity contribution >= 4 is 5.97 Å². The van der Waals surface area contributed by atoms with Gasteiger partial charge in [0, 0.05) is 6.42 Å². The van der Waals surface area contributed by atoms with Gasteiger partial charge in [0.1, 0.15) is 11.3 Å². The van der Waals surface area contributed by atoms with Gasteiger partial charge in [-0.3, -0.25) is 0 Å². The number of benzene rings is 1. The lowest BCUT2D eigenvalue weighted by atomic mass is 10.2. The van der Waals surface area contributed by atoms with Crippen molar-refractivity contribution in [2.75, 3.05) is 13.7 Å². The van der Waals surface area contributed by atoms with Crippen molar-refractivity contribution in [3.8, 4) is 11.8 Å². The van der Waals surface area contributed by atoms with E-state index in [1.807, 2.05) is 0 Å². The van der Waals surface area contributed by atoms with Gasteiger partial charge in [0.25, 0.3) is 0 Å². The van der Waals surface area contributed by atoms with Crippen LogP contribution in [0, 0.1) is 11.3 Å². The first-order chi connectivity index (χ1) is 8.29. The van der Waals surface area contributed by atoms with Crippen LogP contribution in [0.15, 0.2) is 24.3 Å². The fourth-order valence-electron chi connectivity index (χ4n) is 1.36. The average Bonchev–Trinajstić information content (AvgIpc) is 2.38. The second kappa shape index (κ2) is 7.29. The Morgan fingerprint density at radius 2 is 2.12 bits per heavy atom. The number of carbonyl (C=O) groups is 1. The number of methoxy groups -OCH3 is 1. The summed E-state index contributed by atoms with van der Waals surface area (Å²) in [6.45, 7) is 0.496. The summed E-state index contributed by atoms with van der Waals surface area (Å²) in [6, 6.07) is 9.03. The first-order valence-corrected chi connectivity index (χ1v) is 5.46. The van der Waals surface area contributed by atoms with E-state index in [4.69, 9.17) is 10.00 Å². The highest BCUT2D eigenvalue weighted by molar-refractivity contribution is 5.92. The van der Waals surface area contributed by atoms with Crippen LogP contribution in [0.2, 0.25) is 0 Å². The van der Waals surface area contributed by atoms with E-state index in [-0.39, 0.29) is 0 Å². The Bertz CT molecular complexity index is 409. The van der Waals surface area contributed by atoms with Crippen molar-refractivity contribution in [3.63, 3.8) is 0 Å². The summed E-state index contributed by atoms with van der Waals surface area (Å²) in [4.78, 5) is 11.4. The lowest BCUT2D eigenvalue weighted by Gasteiger charge is -2.09. The zero-order valence-corrected chi connectivity index (χ0v) is 9.81. The molecule has 0 saturated carbocycles. The normalized spacial score (nSPS) is 9.41. The highest BCUT2D eigenvalue weighted by Gasteiger charge is 2.11. The van der Waals surface area contributed by atoms with Crippen molar-refractivity contribution < 1.29 is 14.3 Å². The summed E-state index contributed by atoms with van der Waals surface area (Å²) >= 11 is 0. The fourth-order valence-corrected chi connectivity index (χ4v) is 1.36. The first kappa shape index (κ1) is 13.0. The Balaban J connectivity index is 2.53. The third-order valence-electron chi connectivity index (χ3n) is 2.23. The molecule has 4 heteroatoms. The van der Waals surface area contributed by atoms with Crippen molar-refractivity contribution in [1.29, 1.82) is 5.26 Å². The summed E-state index contributed by atoms with van der Waals surface area (Å²) in [5, 5.41) is 8.38. The molecule has 0 heterocycles. The molecule has 17 heavy (non-hydrogen) atoms. The predicted octanol–water partition coefficient (Wildman–Crippen LogP) is 2.55.